The van der Waals surface area contributed by atoms with E-state index < -0.39 is 0 Å². The summed E-state index contributed by atoms with van der Waals surface area (Å²) < 4.78 is 5.41. The summed E-state index contributed by atoms with van der Waals surface area (Å²) in [5.41, 5.74) is 3.75. The van der Waals surface area contributed by atoms with Crippen LogP contribution >= 0.6 is 11.3 Å². The highest BCUT2D eigenvalue weighted by atomic mass is 32.1. The minimum atomic E-state index is -0.331. The molecule has 2 aromatic carbocycles. The second-order valence-electron chi connectivity index (χ2n) is 7.79. The third kappa shape index (κ3) is 6.09. The molecule has 3 aromatic rings. The number of hydrogen-bond donors (Lipinski definition) is 2. The van der Waals surface area contributed by atoms with E-state index in [1.54, 1.807) is 12.1 Å². The summed E-state index contributed by atoms with van der Waals surface area (Å²) in [6.07, 6.45) is 1.71. The number of amides is 2. The van der Waals surface area contributed by atoms with Crippen molar-refractivity contribution in [2.75, 3.05) is 31.2 Å². The lowest BCUT2D eigenvalue weighted by molar-refractivity contribution is -0.117. The Kier molecular flexibility index (Phi) is 7.55. The van der Waals surface area contributed by atoms with E-state index in [0.717, 1.165) is 48.0 Å². The molecule has 2 heterocycles. The summed E-state index contributed by atoms with van der Waals surface area (Å²) >= 11 is 1.50. The van der Waals surface area contributed by atoms with Crippen molar-refractivity contribution in [3.8, 4) is 0 Å². The largest absolute Gasteiger partial charge is 0.378 e. The van der Waals surface area contributed by atoms with Gasteiger partial charge in [0.1, 0.15) is 5.70 Å². The molecule has 33 heavy (non-hydrogen) atoms. The maximum Gasteiger partial charge on any atom is 0.268 e. The summed E-state index contributed by atoms with van der Waals surface area (Å²) in [5, 5.41) is 7.66. The van der Waals surface area contributed by atoms with Crippen molar-refractivity contribution in [1.29, 1.82) is 0 Å². The van der Waals surface area contributed by atoms with E-state index >= 15 is 0 Å². The monoisotopic (exact) mass is 461 g/mol. The van der Waals surface area contributed by atoms with Crippen LogP contribution < -0.4 is 15.5 Å². The Hall–Kier alpha value is -3.42. The Labute approximate surface area is 197 Å². The fourth-order valence-corrected chi connectivity index (χ4v) is 4.27. The van der Waals surface area contributed by atoms with Gasteiger partial charge in [-0.05, 0) is 53.8 Å². The highest BCUT2D eigenvalue weighted by Gasteiger charge is 2.16. The van der Waals surface area contributed by atoms with Crippen LogP contribution in [0.4, 0.5) is 5.69 Å². The van der Waals surface area contributed by atoms with Gasteiger partial charge < -0.3 is 20.3 Å². The van der Waals surface area contributed by atoms with Gasteiger partial charge in [0, 0.05) is 35.8 Å². The van der Waals surface area contributed by atoms with Crippen LogP contribution in [0, 0.1) is 6.92 Å². The molecule has 0 spiro atoms. The van der Waals surface area contributed by atoms with Gasteiger partial charge in [-0.1, -0.05) is 36.4 Å². The number of carbonyl (C=O) groups excluding carboxylic acids is 2. The summed E-state index contributed by atoms with van der Waals surface area (Å²) in [5.74, 6) is -0.636. The highest BCUT2D eigenvalue weighted by Crippen LogP contribution is 2.17. The number of nitrogens with one attached hydrogen (secondary N) is 2. The SMILES string of the molecule is Cc1ccccc1C(=O)N/C(=C\c1cccs1)C(=O)NCc1ccc(N2CCOCC2)cc1. The molecule has 6 nitrogen and oxygen atoms in total. The number of anilines is 1. The Balaban J connectivity index is 1.43. The van der Waals surface area contributed by atoms with Gasteiger partial charge in [0.2, 0.25) is 0 Å². The minimum absolute atomic E-state index is 0.218. The number of morpholine rings is 1. The first-order valence-corrected chi connectivity index (χ1v) is 11.8. The van der Waals surface area contributed by atoms with Gasteiger partial charge in [0.05, 0.1) is 13.2 Å². The van der Waals surface area contributed by atoms with Gasteiger partial charge in [-0.2, -0.15) is 0 Å². The van der Waals surface area contributed by atoms with E-state index in [2.05, 4.69) is 27.7 Å². The molecular weight excluding hydrogens is 434 g/mol. The van der Waals surface area contributed by atoms with Gasteiger partial charge in [-0.15, -0.1) is 11.3 Å². The number of ether oxygens (including phenoxy) is 1. The molecule has 1 aliphatic rings. The van der Waals surface area contributed by atoms with Crippen LogP contribution in [-0.2, 0) is 16.1 Å². The topological polar surface area (TPSA) is 70.7 Å². The van der Waals surface area contributed by atoms with Crippen molar-refractivity contribution in [2.45, 2.75) is 13.5 Å². The third-order valence-corrected chi connectivity index (χ3v) is 6.30. The molecule has 0 saturated carbocycles. The Bertz CT molecular complexity index is 1120. The van der Waals surface area contributed by atoms with Crippen molar-refractivity contribution in [3.05, 3.63) is 93.3 Å². The number of thiophene rings is 1. The first-order valence-electron chi connectivity index (χ1n) is 10.9. The number of hydrogen-bond acceptors (Lipinski definition) is 5. The van der Waals surface area contributed by atoms with Crippen LogP contribution in [0.25, 0.3) is 6.08 Å². The van der Waals surface area contributed by atoms with E-state index in [1.165, 1.54) is 11.3 Å². The summed E-state index contributed by atoms with van der Waals surface area (Å²) in [4.78, 5) is 29.0. The second-order valence-corrected chi connectivity index (χ2v) is 8.77. The van der Waals surface area contributed by atoms with Gasteiger partial charge >= 0.3 is 0 Å². The van der Waals surface area contributed by atoms with Gasteiger partial charge in [-0.25, -0.2) is 0 Å². The van der Waals surface area contributed by atoms with E-state index in [4.69, 9.17) is 4.74 Å². The molecule has 4 rings (SSSR count). The van der Waals surface area contributed by atoms with E-state index in [9.17, 15) is 9.59 Å². The van der Waals surface area contributed by atoms with Gasteiger partial charge in [0.25, 0.3) is 11.8 Å². The third-order valence-electron chi connectivity index (χ3n) is 5.48. The van der Waals surface area contributed by atoms with E-state index in [-0.39, 0.29) is 17.5 Å². The van der Waals surface area contributed by atoms with Crippen LogP contribution in [-0.4, -0.2) is 38.1 Å². The zero-order valence-corrected chi connectivity index (χ0v) is 19.4. The molecule has 0 atom stereocenters. The first kappa shape index (κ1) is 22.8. The lowest BCUT2D eigenvalue weighted by Crippen LogP contribution is -2.36. The molecule has 2 amide bonds. The number of aryl methyl sites for hydroxylation is 1. The number of nitrogens with zero attached hydrogens (tertiary/aromatic N) is 1. The summed E-state index contributed by atoms with van der Waals surface area (Å²) in [7, 11) is 0. The molecule has 1 fully saturated rings. The molecule has 2 N–H and O–H groups in total. The average molecular weight is 462 g/mol. The standard InChI is InChI=1S/C26H27N3O3S/c1-19-5-2-3-7-23(19)25(30)28-24(17-22-6-4-16-33-22)26(31)27-18-20-8-10-21(11-9-20)29-12-14-32-15-13-29/h2-11,16-17H,12-15,18H2,1H3,(H,27,31)(H,28,30)/b24-17-. The normalized spacial score (nSPS) is 14.1. The fraction of sp³-hybridized carbons (Fsp3) is 0.231. The molecular formula is C26H27N3O3S. The Morgan fingerprint density at radius 3 is 2.48 bits per heavy atom. The van der Waals surface area contributed by atoms with Crippen LogP contribution in [0.1, 0.15) is 26.4 Å². The lowest BCUT2D eigenvalue weighted by Gasteiger charge is -2.28. The molecule has 0 aliphatic carbocycles. The molecule has 170 valence electrons. The molecule has 0 bridgehead atoms. The van der Waals surface area contributed by atoms with E-state index in [0.29, 0.717) is 12.1 Å². The van der Waals surface area contributed by atoms with Crippen molar-refractivity contribution < 1.29 is 14.3 Å². The highest BCUT2D eigenvalue weighted by molar-refractivity contribution is 7.10. The first-order chi connectivity index (χ1) is 16.1. The van der Waals surface area contributed by atoms with Crippen molar-refractivity contribution in [1.82, 2.24) is 10.6 Å². The quantitative estimate of drug-likeness (QED) is 0.522. The predicted octanol–water partition coefficient (Wildman–Crippen LogP) is 3.98. The van der Waals surface area contributed by atoms with E-state index in [1.807, 2.05) is 54.8 Å². The predicted molar refractivity (Wildman–Crippen MR) is 132 cm³/mol. The number of carbonyl (C=O) groups is 2. The zero-order valence-electron chi connectivity index (χ0n) is 18.5. The number of benzene rings is 2. The van der Waals surface area contributed by atoms with Crippen LogP contribution in [0.3, 0.4) is 0 Å². The maximum absolute atomic E-state index is 13.0. The summed E-state index contributed by atoms with van der Waals surface area (Å²) in [6.45, 7) is 5.49. The van der Waals surface area contributed by atoms with Gasteiger partial charge in [0.15, 0.2) is 0 Å². The molecule has 1 aromatic heterocycles. The molecule has 1 saturated heterocycles. The molecule has 1 aliphatic heterocycles. The van der Waals surface area contributed by atoms with Crippen molar-refractivity contribution in [2.24, 2.45) is 0 Å². The minimum Gasteiger partial charge on any atom is -0.378 e. The van der Waals surface area contributed by atoms with Crippen LogP contribution in [0.2, 0.25) is 0 Å². The Morgan fingerprint density at radius 1 is 1.03 bits per heavy atom. The van der Waals surface area contributed by atoms with Gasteiger partial charge in [-0.3, -0.25) is 9.59 Å². The number of rotatable bonds is 7. The van der Waals surface area contributed by atoms with Crippen LogP contribution in [0.15, 0.2) is 71.7 Å². The Morgan fingerprint density at radius 2 is 1.79 bits per heavy atom. The fourth-order valence-electron chi connectivity index (χ4n) is 3.62. The molecule has 0 unspecified atom stereocenters. The lowest BCUT2D eigenvalue weighted by atomic mass is 10.1. The van der Waals surface area contributed by atoms with Crippen molar-refractivity contribution in [3.63, 3.8) is 0 Å². The second kappa shape index (κ2) is 10.9. The maximum atomic E-state index is 13.0. The molecule has 7 heteroatoms. The van der Waals surface area contributed by atoms with Crippen molar-refractivity contribution >= 4 is 34.9 Å². The zero-order chi connectivity index (χ0) is 23.0. The van der Waals surface area contributed by atoms with Crippen LogP contribution in [0.5, 0.6) is 0 Å². The molecule has 0 radical (unpaired) electrons. The average Bonchev–Trinajstić information content (AvgIpc) is 3.36. The smallest absolute Gasteiger partial charge is 0.268 e. The summed E-state index contributed by atoms with van der Waals surface area (Å²) in [6, 6.07) is 19.3.